The number of benzene rings is 1. The van der Waals surface area contributed by atoms with Crippen LogP contribution in [0, 0.1) is 0 Å². The number of ether oxygens (including phenoxy) is 1. The third kappa shape index (κ3) is 4.85. The number of nitrogens with one attached hydrogen (secondary N) is 2. The number of hydrogen-bond acceptors (Lipinski definition) is 5. The van der Waals surface area contributed by atoms with E-state index >= 15 is 0 Å². The maximum absolute atomic E-state index is 11.9. The summed E-state index contributed by atoms with van der Waals surface area (Å²) in [5.41, 5.74) is 0.584. The van der Waals surface area contributed by atoms with E-state index < -0.39 is 0 Å². The Kier molecular flexibility index (Phi) is 5.66. The molecule has 0 spiro atoms. The summed E-state index contributed by atoms with van der Waals surface area (Å²) in [4.78, 5) is 11.9. The van der Waals surface area contributed by atoms with E-state index in [9.17, 15) is 4.79 Å². The Morgan fingerprint density at radius 1 is 1.10 bits per heavy atom. The van der Waals surface area contributed by atoms with Crippen LogP contribution in [0.15, 0.2) is 42.5 Å². The van der Waals surface area contributed by atoms with Gasteiger partial charge in [0.2, 0.25) is 0 Å². The molecule has 2 rings (SSSR count). The van der Waals surface area contributed by atoms with Crippen molar-refractivity contribution in [1.82, 2.24) is 10.2 Å². The third-order valence-corrected chi connectivity index (χ3v) is 2.77. The van der Waals surface area contributed by atoms with Crippen LogP contribution >= 0.6 is 0 Å². The molecule has 1 aromatic carbocycles. The zero-order valence-corrected chi connectivity index (χ0v) is 11.9. The number of hydrogen-bond donors (Lipinski definition) is 2. The van der Waals surface area contributed by atoms with E-state index in [0.717, 1.165) is 13.0 Å². The maximum atomic E-state index is 11.9. The molecule has 0 aliphatic heterocycles. The molecule has 0 aliphatic rings. The Morgan fingerprint density at radius 3 is 2.48 bits per heavy atom. The molecule has 0 saturated carbocycles. The number of carbonyl (C=O) groups is 1. The Hall–Kier alpha value is -2.47. The van der Waals surface area contributed by atoms with Crippen molar-refractivity contribution in [2.75, 3.05) is 30.9 Å². The van der Waals surface area contributed by atoms with Gasteiger partial charge in [-0.25, -0.2) is 0 Å². The van der Waals surface area contributed by atoms with Crippen LogP contribution in [-0.4, -0.2) is 36.4 Å². The minimum absolute atomic E-state index is 0.203. The van der Waals surface area contributed by atoms with E-state index in [4.69, 9.17) is 4.74 Å². The van der Waals surface area contributed by atoms with Crippen LogP contribution < -0.4 is 10.6 Å². The molecule has 2 aromatic rings. The maximum Gasteiger partial charge on any atom is 0.256 e. The average molecular weight is 286 g/mol. The van der Waals surface area contributed by atoms with Gasteiger partial charge in [-0.2, -0.15) is 0 Å². The van der Waals surface area contributed by atoms with Crippen LogP contribution in [0.1, 0.15) is 16.8 Å². The van der Waals surface area contributed by atoms with Gasteiger partial charge >= 0.3 is 0 Å². The second-order valence-corrected chi connectivity index (χ2v) is 4.40. The molecule has 6 heteroatoms. The summed E-state index contributed by atoms with van der Waals surface area (Å²) in [6, 6.07) is 12.5. The molecule has 6 nitrogen and oxygen atoms in total. The fourth-order valence-electron chi connectivity index (χ4n) is 1.70. The number of nitrogens with zero attached hydrogens (tertiary/aromatic N) is 2. The Morgan fingerprint density at radius 2 is 1.81 bits per heavy atom. The molecule has 0 radical (unpaired) electrons. The van der Waals surface area contributed by atoms with Crippen molar-refractivity contribution in [3.63, 3.8) is 0 Å². The fourth-order valence-corrected chi connectivity index (χ4v) is 1.70. The van der Waals surface area contributed by atoms with Crippen molar-refractivity contribution in [1.29, 1.82) is 0 Å². The molecule has 21 heavy (non-hydrogen) atoms. The fraction of sp³-hybridized carbons (Fsp3) is 0.267. The molecule has 0 unspecified atom stereocenters. The number of amides is 1. The number of carbonyl (C=O) groups excluding carboxylic acids is 1. The predicted molar refractivity (Wildman–Crippen MR) is 81.4 cm³/mol. The summed E-state index contributed by atoms with van der Waals surface area (Å²) in [5.74, 6) is 0.890. The smallest absolute Gasteiger partial charge is 0.256 e. The van der Waals surface area contributed by atoms with Crippen molar-refractivity contribution in [2.24, 2.45) is 0 Å². The highest BCUT2D eigenvalue weighted by Crippen LogP contribution is 2.08. The molecule has 0 atom stereocenters. The number of rotatable bonds is 7. The van der Waals surface area contributed by atoms with Gasteiger partial charge in [0.15, 0.2) is 5.82 Å². The van der Waals surface area contributed by atoms with E-state index in [-0.39, 0.29) is 5.91 Å². The van der Waals surface area contributed by atoms with Crippen LogP contribution in [0.25, 0.3) is 0 Å². The highest BCUT2D eigenvalue weighted by molar-refractivity contribution is 6.03. The van der Waals surface area contributed by atoms with Crippen LogP contribution in [0.4, 0.5) is 11.6 Å². The summed E-state index contributed by atoms with van der Waals surface area (Å²) >= 11 is 0. The molecule has 1 aromatic heterocycles. The second-order valence-electron chi connectivity index (χ2n) is 4.40. The van der Waals surface area contributed by atoms with Gasteiger partial charge in [0.1, 0.15) is 5.82 Å². The zero-order chi connectivity index (χ0) is 14.9. The largest absolute Gasteiger partial charge is 0.385 e. The first-order valence-electron chi connectivity index (χ1n) is 6.72. The highest BCUT2D eigenvalue weighted by Gasteiger charge is 2.06. The lowest BCUT2D eigenvalue weighted by Gasteiger charge is -2.06. The summed E-state index contributed by atoms with van der Waals surface area (Å²) in [6.07, 6.45) is 0.894. The minimum Gasteiger partial charge on any atom is -0.385 e. The number of anilines is 2. The van der Waals surface area contributed by atoms with E-state index in [1.165, 1.54) is 0 Å². The van der Waals surface area contributed by atoms with Gasteiger partial charge in [-0.1, -0.05) is 18.2 Å². The van der Waals surface area contributed by atoms with Crippen LogP contribution in [0.5, 0.6) is 0 Å². The molecule has 1 amide bonds. The summed E-state index contributed by atoms with van der Waals surface area (Å²) in [7, 11) is 1.67. The summed E-state index contributed by atoms with van der Waals surface area (Å²) in [5, 5.41) is 13.8. The SMILES string of the molecule is COCCCNc1ccc(NC(=O)c2ccccc2)nn1. The van der Waals surface area contributed by atoms with Crippen molar-refractivity contribution in [2.45, 2.75) is 6.42 Å². The van der Waals surface area contributed by atoms with Gasteiger partial charge in [0, 0.05) is 25.8 Å². The number of methoxy groups -OCH3 is 1. The first kappa shape index (κ1) is 14.9. The first-order valence-corrected chi connectivity index (χ1v) is 6.72. The van der Waals surface area contributed by atoms with Gasteiger partial charge in [-0.3, -0.25) is 4.79 Å². The lowest BCUT2D eigenvalue weighted by atomic mass is 10.2. The van der Waals surface area contributed by atoms with Crippen molar-refractivity contribution >= 4 is 17.5 Å². The quantitative estimate of drug-likeness (QED) is 0.763. The average Bonchev–Trinajstić information content (AvgIpc) is 2.54. The van der Waals surface area contributed by atoms with Gasteiger partial charge in [0.05, 0.1) is 0 Å². The van der Waals surface area contributed by atoms with Gasteiger partial charge in [-0.05, 0) is 30.7 Å². The molecule has 0 saturated heterocycles. The highest BCUT2D eigenvalue weighted by atomic mass is 16.5. The molecule has 0 aliphatic carbocycles. The molecule has 0 fully saturated rings. The van der Waals surface area contributed by atoms with Crippen LogP contribution in [0.2, 0.25) is 0 Å². The van der Waals surface area contributed by atoms with Crippen LogP contribution in [0.3, 0.4) is 0 Å². The second kappa shape index (κ2) is 7.96. The monoisotopic (exact) mass is 286 g/mol. The third-order valence-electron chi connectivity index (χ3n) is 2.77. The molecule has 0 bridgehead atoms. The van der Waals surface area contributed by atoms with E-state index in [1.54, 1.807) is 31.4 Å². The lowest BCUT2D eigenvalue weighted by molar-refractivity contribution is 0.102. The lowest BCUT2D eigenvalue weighted by Crippen LogP contribution is -2.13. The van der Waals surface area contributed by atoms with E-state index in [0.29, 0.717) is 23.8 Å². The molecule has 1 heterocycles. The van der Waals surface area contributed by atoms with Crippen LogP contribution in [-0.2, 0) is 4.74 Å². The van der Waals surface area contributed by atoms with Gasteiger partial charge in [0.25, 0.3) is 5.91 Å². The molecule has 110 valence electrons. The van der Waals surface area contributed by atoms with Gasteiger partial charge in [-0.15, -0.1) is 10.2 Å². The molecular formula is C15H18N4O2. The van der Waals surface area contributed by atoms with Gasteiger partial charge < -0.3 is 15.4 Å². The van der Waals surface area contributed by atoms with Crippen molar-refractivity contribution in [3.05, 3.63) is 48.0 Å². The molecule has 2 N–H and O–H groups in total. The standard InChI is InChI=1S/C15H18N4O2/c1-21-11-5-10-16-13-8-9-14(19-18-13)17-15(20)12-6-3-2-4-7-12/h2-4,6-9H,5,10-11H2,1H3,(H,16,18)(H,17,19,20). The van der Waals surface area contributed by atoms with Crippen molar-refractivity contribution < 1.29 is 9.53 Å². The summed E-state index contributed by atoms with van der Waals surface area (Å²) < 4.78 is 4.96. The van der Waals surface area contributed by atoms with Crippen molar-refractivity contribution in [3.8, 4) is 0 Å². The Bertz CT molecular complexity index is 558. The van der Waals surface area contributed by atoms with E-state index in [2.05, 4.69) is 20.8 Å². The number of aromatic nitrogens is 2. The normalized spacial score (nSPS) is 10.1. The topological polar surface area (TPSA) is 76.1 Å². The predicted octanol–water partition coefficient (Wildman–Crippen LogP) is 2.18. The molecular weight excluding hydrogens is 268 g/mol. The zero-order valence-electron chi connectivity index (χ0n) is 11.9. The minimum atomic E-state index is -0.203. The summed E-state index contributed by atoms with van der Waals surface area (Å²) in [6.45, 7) is 1.46. The Labute approximate surface area is 123 Å². The first-order chi connectivity index (χ1) is 10.3. The van der Waals surface area contributed by atoms with E-state index in [1.807, 2.05) is 18.2 Å². The Balaban J connectivity index is 1.86.